The first-order valence-electron chi connectivity index (χ1n) is 6.89. The van der Waals surface area contributed by atoms with E-state index in [4.69, 9.17) is 10.5 Å². The molecule has 0 bridgehead atoms. The predicted octanol–water partition coefficient (Wildman–Crippen LogP) is 2.05. The van der Waals surface area contributed by atoms with Gasteiger partial charge in [0.25, 0.3) is 0 Å². The van der Waals surface area contributed by atoms with Crippen LogP contribution in [0.15, 0.2) is 18.2 Å². The van der Waals surface area contributed by atoms with Crippen LogP contribution in [0.25, 0.3) is 0 Å². The van der Waals surface area contributed by atoms with Gasteiger partial charge >= 0.3 is 0 Å². The van der Waals surface area contributed by atoms with Crippen molar-refractivity contribution in [3.05, 3.63) is 18.2 Å². The first-order chi connectivity index (χ1) is 9.35. The van der Waals surface area contributed by atoms with Crippen LogP contribution in [0.1, 0.15) is 26.7 Å². The van der Waals surface area contributed by atoms with Crippen molar-refractivity contribution in [2.45, 2.75) is 38.8 Å². The Morgan fingerprint density at radius 2 is 1.95 bits per heavy atom. The molecule has 20 heavy (non-hydrogen) atoms. The predicted molar refractivity (Wildman–Crippen MR) is 81.9 cm³/mol. The van der Waals surface area contributed by atoms with Crippen LogP contribution in [0.4, 0.5) is 11.4 Å². The summed E-state index contributed by atoms with van der Waals surface area (Å²) in [6.45, 7) is 3.90. The summed E-state index contributed by atoms with van der Waals surface area (Å²) in [4.78, 5) is 0. The fraction of sp³-hybridized carbons (Fsp3) is 0.571. The molecule has 0 amide bonds. The maximum Gasteiger partial charge on any atom is 0.150 e. The minimum absolute atomic E-state index is 0.0624. The lowest BCUT2D eigenvalue weighted by Gasteiger charge is -2.24. The third-order valence-corrected chi connectivity index (χ3v) is 5.02. The zero-order valence-electron chi connectivity index (χ0n) is 11.9. The van der Waals surface area contributed by atoms with Gasteiger partial charge in [-0.05, 0) is 38.8 Å². The summed E-state index contributed by atoms with van der Waals surface area (Å²) in [5, 5.41) is 3.36. The van der Waals surface area contributed by atoms with Crippen molar-refractivity contribution in [1.29, 1.82) is 0 Å². The minimum atomic E-state index is -2.82. The third-order valence-electron chi connectivity index (χ3n) is 3.30. The van der Waals surface area contributed by atoms with E-state index in [-0.39, 0.29) is 23.7 Å². The van der Waals surface area contributed by atoms with Crippen molar-refractivity contribution in [3.8, 4) is 5.75 Å². The lowest BCUT2D eigenvalue weighted by molar-refractivity contribution is 0.244. The van der Waals surface area contributed by atoms with Gasteiger partial charge in [-0.1, -0.05) is 0 Å². The monoisotopic (exact) mass is 298 g/mol. The zero-order valence-corrected chi connectivity index (χ0v) is 12.7. The van der Waals surface area contributed by atoms with Gasteiger partial charge in [-0.25, -0.2) is 8.42 Å². The highest BCUT2D eigenvalue weighted by molar-refractivity contribution is 7.91. The Balaban J connectivity index is 2.03. The van der Waals surface area contributed by atoms with Crippen molar-refractivity contribution in [2.75, 3.05) is 22.6 Å². The van der Waals surface area contributed by atoms with E-state index in [0.29, 0.717) is 24.3 Å². The highest BCUT2D eigenvalue weighted by Gasteiger charge is 2.23. The number of benzene rings is 1. The maximum absolute atomic E-state index is 11.4. The molecule has 0 saturated carbocycles. The smallest absolute Gasteiger partial charge is 0.150 e. The van der Waals surface area contributed by atoms with Gasteiger partial charge in [-0.3, -0.25) is 0 Å². The quantitative estimate of drug-likeness (QED) is 0.831. The zero-order chi connectivity index (χ0) is 14.8. The molecule has 1 aliphatic heterocycles. The Labute approximate surface area is 120 Å². The summed E-state index contributed by atoms with van der Waals surface area (Å²) in [5.41, 5.74) is 7.40. The van der Waals surface area contributed by atoms with Crippen molar-refractivity contribution in [1.82, 2.24) is 0 Å². The number of ether oxygens (including phenoxy) is 1. The Bertz CT molecular complexity index is 556. The van der Waals surface area contributed by atoms with Crippen molar-refractivity contribution < 1.29 is 13.2 Å². The molecule has 3 N–H and O–H groups in total. The molecule has 0 unspecified atom stereocenters. The Morgan fingerprint density at radius 1 is 1.30 bits per heavy atom. The molecule has 0 atom stereocenters. The second-order valence-electron chi connectivity index (χ2n) is 5.49. The molecular weight excluding hydrogens is 276 g/mol. The highest BCUT2D eigenvalue weighted by Crippen LogP contribution is 2.28. The fourth-order valence-corrected chi connectivity index (χ4v) is 3.74. The molecule has 1 aromatic carbocycles. The SMILES string of the molecule is CC(C)Oc1cc(NC2CCS(=O)(=O)CC2)ccc1N. The number of hydrogen-bond donors (Lipinski definition) is 2. The number of anilines is 2. The molecule has 0 aliphatic carbocycles. The molecule has 1 heterocycles. The number of sulfone groups is 1. The number of nitrogen functional groups attached to an aromatic ring is 1. The van der Waals surface area contributed by atoms with Gasteiger partial charge in [-0.2, -0.15) is 0 Å². The molecule has 0 radical (unpaired) electrons. The first-order valence-corrected chi connectivity index (χ1v) is 8.71. The molecule has 0 spiro atoms. The normalized spacial score (nSPS) is 18.9. The molecule has 112 valence electrons. The van der Waals surface area contributed by atoms with Crippen molar-refractivity contribution in [2.24, 2.45) is 0 Å². The van der Waals surface area contributed by atoms with Crippen LogP contribution >= 0.6 is 0 Å². The summed E-state index contributed by atoms with van der Waals surface area (Å²) >= 11 is 0. The van der Waals surface area contributed by atoms with Crippen LogP contribution in [0.5, 0.6) is 5.75 Å². The Morgan fingerprint density at radius 3 is 2.55 bits per heavy atom. The molecule has 0 aromatic heterocycles. The molecule has 6 heteroatoms. The van der Waals surface area contributed by atoms with Gasteiger partial charge in [0, 0.05) is 17.8 Å². The average Bonchev–Trinajstić information content (AvgIpc) is 2.35. The van der Waals surface area contributed by atoms with Gasteiger partial charge in [0.2, 0.25) is 0 Å². The molecular formula is C14H22N2O3S. The van der Waals surface area contributed by atoms with Gasteiger partial charge in [0.1, 0.15) is 15.6 Å². The fourth-order valence-electron chi connectivity index (χ4n) is 2.25. The van der Waals surface area contributed by atoms with E-state index in [1.54, 1.807) is 6.07 Å². The summed E-state index contributed by atoms with van der Waals surface area (Å²) in [7, 11) is -2.82. The van der Waals surface area contributed by atoms with Gasteiger partial charge in [0.05, 0.1) is 23.3 Å². The lowest BCUT2D eigenvalue weighted by atomic mass is 10.1. The van der Waals surface area contributed by atoms with E-state index in [9.17, 15) is 8.42 Å². The van der Waals surface area contributed by atoms with Crippen LogP contribution in [0.2, 0.25) is 0 Å². The van der Waals surface area contributed by atoms with E-state index in [1.165, 1.54) is 0 Å². The van der Waals surface area contributed by atoms with E-state index in [2.05, 4.69) is 5.32 Å². The topological polar surface area (TPSA) is 81.4 Å². The highest BCUT2D eigenvalue weighted by atomic mass is 32.2. The molecule has 1 saturated heterocycles. The minimum Gasteiger partial charge on any atom is -0.489 e. The number of nitrogens with two attached hydrogens (primary N) is 1. The van der Waals surface area contributed by atoms with E-state index in [0.717, 1.165) is 5.69 Å². The second kappa shape index (κ2) is 5.91. The van der Waals surface area contributed by atoms with E-state index < -0.39 is 9.84 Å². The second-order valence-corrected chi connectivity index (χ2v) is 7.79. The summed E-state index contributed by atoms with van der Waals surface area (Å²) in [6.07, 6.45) is 1.35. The molecule has 1 fully saturated rings. The molecule has 1 aliphatic rings. The molecule has 1 aromatic rings. The summed E-state index contributed by atoms with van der Waals surface area (Å²) in [5.74, 6) is 1.18. The number of hydrogen-bond acceptors (Lipinski definition) is 5. The molecule has 2 rings (SSSR count). The van der Waals surface area contributed by atoms with Gasteiger partial charge < -0.3 is 15.8 Å². The van der Waals surface area contributed by atoms with Crippen molar-refractivity contribution in [3.63, 3.8) is 0 Å². The largest absolute Gasteiger partial charge is 0.489 e. The van der Waals surface area contributed by atoms with Crippen molar-refractivity contribution >= 4 is 21.2 Å². The van der Waals surface area contributed by atoms with Crippen LogP contribution in [-0.2, 0) is 9.84 Å². The number of rotatable bonds is 4. The van der Waals surface area contributed by atoms with Crippen LogP contribution in [0, 0.1) is 0 Å². The lowest BCUT2D eigenvalue weighted by Crippen LogP contribution is -2.32. The molecule has 5 nitrogen and oxygen atoms in total. The Hall–Kier alpha value is -1.43. The summed E-state index contributed by atoms with van der Waals surface area (Å²) < 4.78 is 28.5. The standard InChI is InChI=1S/C14H22N2O3S/c1-10(2)19-14-9-12(3-4-13(14)15)16-11-5-7-20(17,18)8-6-11/h3-4,9-11,16H,5-8,15H2,1-2H3. The number of nitrogens with one attached hydrogen (secondary N) is 1. The van der Waals surface area contributed by atoms with Crippen LogP contribution in [0.3, 0.4) is 0 Å². The van der Waals surface area contributed by atoms with Crippen LogP contribution in [-0.4, -0.2) is 32.1 Å². The van der Waals surface area contributed by atoms with Gasteiger partial charge in [0.15, 0.2) is 0 Å². The average molecular weight is 298 g/mol. The first kappa shape index (κ1) is 15.0. The summed E-state index contributed by atoms with van der Waals surface area (Å²) in [6, 6.07) is 5.76. The maximum atomic E-state index is 11.4. The van der Waals surface area contributed by atoms with E-state index >= 15 is 0 Å². The van der Waals surface area contributed by atoms with Crippen LogP contribution < -0.4 is 15.8 Å². The Kier molecular flexibility index (Phi) is 4.42. The van der Waals surface area contributed by atoms with E-state index in [1.807, 2.05) is 26.0 Å². The van der Waals surface area contributed by atoms with Gasteiger partial charge in [-0.15, -0.1) is 0 Å². The third kappa shape index (κ3) is 4.03.